The highest BCUT2D eigenvalue weighted by atomic mass is 32.1. The topological polar surface area (TPSA) is 86.4 Å². The highest BCUT2D eigenvalue weighted by molar-refractivity contribution is 7.71. The summed E-state index contributed by atoms with van der Waals surface area (Å²) in [5.74, 6) is 0. The summed E-state index contributed by atoms with van der Waals surface area (Å²) in [5.41, 5.74) is 21.1. The van der Waals surface area contributed by atoms with Crippen LogP contribution in [0.25, 0.3) is 33.6 Å². The number of aromatic amines is 1. The highest BCUT2D eigenvalue weighted by Crippen LogP contribution is 2.32. The molecule has 218 valence electrons. The fourth-order valence-electron chi connectivity index (χ4n) is 5.57. The number of nitrogens with zero attached hydrogens (tertiary/aromatic N) is 4. The molecule has 0 unspecified atom stereocenters. The third-order valence-corrected chi connectivity index (χ3v) is 8.25. The van der Waals surface area contributed by atoms with E-state index in [1.54, 1.807) is 12.4 Å². The second kappa shape index (κ2) is 11.7. The number of aryl methyl sites for hydroxylation is 5. The number of aromatic nitrogens is 4. The van der Waals surface area contributed by atoms with Crippen LogP contribution in [0.15, 0.2) is 91.3 Å². The second-order valence-corrected chi connectivity index (χ2v) is 11.5. The molecule has 0 fully saturated rings. The van der Waals surface area contributed by atoms with Crippen LogP contribution in [0.2, 0.25) is 0 Å². The average molecular weight is 596 g/mol. The van der Waals surface area contributed by atoms with E-state index >= 15 is 0 Å². The van der Waals surface area contributed by atoms with Crippen LogP contribution in [0.3, 0.4) is 0 Å². The van der Waals surface area contributed by atoms with Gasteiger partial charge in [0.05, 0.1) is 40.1 Å². The van der Waals surface area contributed by atoms with Gasteiger partial charge in [0.15, 0.2) is 4.77 Å². The number of nitriles is 1. The first-order chi connectivity index (χ1) is 21.2. The van der Waals surface area contributed by atoms with Gasteiger partial charge in [0, 0.05) is 16.8 Å². The van der Waals surface area contributed by atoms with Gasteiger partial charge in [-0.3, -0.25) is 10.9 Å². The van der Waals surface area contributed by atoms with Crippen molar-refractivity contribution < 1.29 is 0 Å². The Morgan fingerprint density at radius 3 is 2.16 bits per heavy atom. The molecule has 2 aromatic heterocycles. The number of nitrogens with one attached hydrogen (secondary N) is 3. The van der Waals surface area contributed by atoms with Gasteiger partial charge in [-0.1, -0.05) is 42.5 Å². The van der Waals surface area contributed by atoms with E-state index in [0.29, 0.717) is 10.3 Å². The van der Waals surface area contributed by atoms with Crippen molar-refractivity contribution in [2.75, 3.05) is 10.9 Å². The minimum Gasteiger partial charge on any atom is -0.333 e. The van der Waals surface area contributed by atoms with E-state index in [4.69, 9.17) is 12.2 Å². The van der Waals surface area contributed by atoms with Crippen molar-refractivity contribution in [1.29, 1.82) is 5.26 Å². The first-order valence-electron chi connectivity index (χ1n) is 14.4. The molecule has 3 N–H and O–H groups in total. The second-order valence-electron chi connectivity index (χ2n) is 11.1. The van der Waals surface area contributed by atoms with E-state index in [0.717, 1.165) is 62.0 Å². The molecule has 0 radical (unpaired) electrons. The van der Waals surface area contributed by atoms with Gasteiger partial charge in [-0.05, 0) is 117 Å². The van der Waals surface area contributed by atoms with Gasteiger partial charge in [0.25, 0.3) is 0 Å². The van der Waals surface area contributed by atoms with Gasteiger partial charge in [0.1, 0.15) is 6.33 Å². The Balaban J connectivity index is 1.30. The standard InChI is InChI=1S/C36H33N7S/c1-22-12-13-32(16-23(22)2)41-43-35(26(5)39-36(43)44)30-11-7-9-28(19-30)33-15-14-31(17-24(33)3)40-42-21-38-25(4)34(42)29-10-6-8-27(18-29)20-37/h6-19,21,40-41H,1-5H3,(H,39,44). The summed E-state index contributed by atoms with van der Waals surface area (Å²) in [5, 5.41) is 9.37. The van der Waals surface area contributed by atoms with Crippen molar-refractivity contribution in [2.24, 2.45) is 0 Å². The number of hydrogen-bond acceptors (Lipinski definition) is 5. The monoisotopic (exact) mass is 595 g/mol. The minimum atomic E-state index is 0.612. The van der Waals surface area contributed by atoms with Crippen LogP contribution >= 0.6 is 12.2 Å². The number of benzene rings is 4. The molecule has 0 aliphatic carbocycles. The van der Waals surface area contributed by atoms with Crippen molar-refractivity contribution >= 4 is 23.6 Å². The maximum atomic E-state index is 9.37. The molecule has 2 heterocycles. The summed E-state index contributed by atoms with van der Waals surface area (Å²) in [6.45, 7) is 10.4. The maximum Gasteiger partial charge on any atom is 0.197 e. The quantitative estimate of drug-likeness (QED) is 0.160. The molecule has 0 saturated heterocycles. The SMILES string of the molecule is Cc1ccc(Nn2c(-c3cccc(-c4ccc(Nn5cnc(C)c5-c5cccc(C#N)c5)cc4C)c3)c(C)[nH]c2=S)cc1C. The van der Waals surface area contributed by atoms with Crippen LogP contribution in [-0.4, -0.2) is 19.3 Å². The van der Waals surface area contributed by atoms with Gasteiger partial charge in [-0.2, -0.15) is 5.26 Å². The summed E-state index contributed by atoms with van der Waals surface area (Å²) in [4.78, 5) is 7.85. The van der Waals surface area contributed by atoms with Crippen molar-refractivity contribution in [3.63, 3.8) is 0 Å². The molecule has 0 atom stereocenters. The first-order valence-corrected chi connectivity index (χ1v) is 14.8. The lowest BCUT2D eigenvalue weighted by molar-refractivity contribution is 0.941. The van der Waals surface area contributed by atoms with Crippen LogP contribution in [-0.2, 0) is 0 Å². The predicted octanol–water partition coefficient (Wildman–Crippen LogP) is 8.91. The summed E-state index contributed by atoms with van der Waals surface area (Å²) in [6, 6.07) is 31.0. The van der Waals surface area contributed by atoms with Crippen molar-refractivity contribution in [3.05, 3.63) is 130 Å². The van der Waals surface area contributed by atoms with Crippen LogP contribution in [0.5, 0.6) is 0 Å². The van der Waals surface area contributed by atoms with Gasteiger partial charge in [-0.15, -0.1) is 0 Å². The summed E-state index contributed by atoms with van der Waals surface area (Å²) in [6.07, 6.45) is 1.77. The Hall–Kier alpha value is -5.39. The molecule has 7 nitrogen and oxygen atoms in total. The van der Waals surface area contributed by atoms with E-state index in [1.165, 1.54) is 11.1 Å². The summed E-state index contributed by atoms with van der Waals surface area (Å²) < 4.78 is 4.47. The fraction of sp³-hybridized carbons (Fsp3) is 0.139. The van der Waals surface area contributed by atoms with E-state index < -0.39 is 0 Å². The third-order valence-electron chi connectivity index (χ3n) is 7.96. The predicted molar refractivity (Wildman–Crippen MR) is 181 cm³/mol. The molecule has 0 aliphatic heterocycles. The molecule has 0 amide bonds. The van der Waals surface area contributed by atoms with Gasteiger partial charge in [0.2, 0.25) is 0 Å². The van der Waals surface area contributed by atoms with E-state index in [1.807, 2.05) is 41.4 Å². The smallest absolute Gasteiger partial charge is 0.197 e. The van der Waals surface area contributed by atoms with Gasteiger partial charge in [-0.25, -0.2) is 14.3 Å². The number of H-pyrrole nitrogens is 1. The molecule has 8 heteroatoms. The van der Waals surface area contributed by atoms with Gasteiger partial charge >= 0.3 is 0 Å². The molecule has 44 heavy (non-hydrogen) atoms. The molecule has 6 aromatic rings. The Labute approximate surface area is 262 Å². The molecule has 0 aliphatic rings. The fourth-order valence-corrected chi connectivity index (χ4v) is 5.86. The Bertz CT molecular complexity index is 2120. The van der Waals surface area contributed by atoms with Crippen LogP contribution in [0.4, 0.5) is 11.4 Å². The lowest BCUT2D eigenvalue weighted by Gasteiger charge is -2.16. The summed E-state index contributed by atoms with van der Waals surface area (Å²) >= 11 is 5.70. The molecule has 0 spiro atoms. The average Bonchev–Trinajstić information content (AvgIpc) is 3.51. The largest absolute Gasteiger partial charge is 0.333 e. The maximum absolute atomic E-state index is 9.37. The van der Waals surface area contributed by atoms with Gasteiger partial charge < -0.3 is 4.98 Å². The molecule has 0 saturated carbocycles. The number of anilines is 2. The lowest BCUT2D eigenvalue weighted by Crippen LogP contribution is -2.11. The molecule has 4 aromatic carbocycles. The number of rotatable bonds is 7. The highest BCUT2D eigenvalue weighted by Gasteiger charge is 2.15. The zero-order chi connectivity index (χ0) is 31.0. The van der Waals surface area contributed by atoms with E-state index in [2.05, 4.69) is 108 Å². The van der Waals surface area contributed by atoms with Crippen LogP contribution in [0.1, 0.15) is 33.6 Å². The number of hydrogen-bond donors (Lipinski definition) is 3. The Morgan fingerprint density at radius 2 is 1.41 bits per heavy atom. The third kappa shape index (κ3) is 5.53. The molecule has 0 bridgehead atoms. The van der Waals surface area contributed by atoms with Crippen molar-refractivity contribution in [1.82, 2.24) is 19.3 Å². The normalized spacial score (nSPS) is 10.9. The Morgan fingerprint density at radius 1 is 0.727 bits per heavy atom. The summed E-state index contributed by atoms with van der Waals surface area (Å²) in [7, 11) is 0. The zero-order valence-corrected chi connectivity index (χ0v) is 26.2. The first kappa shape index (κ1) is 28.7. The molecular weight excluding hydrogens is 563 g/mol. The van der Waals surface area contributed by atoms with Crippen molar-refractivity contribution in [3.8, 4) is 39.7 Å². The van der Waals surface area contributed by atoms with Crippen LogP contribution < -0.4 is 10.9 Å². The Kier molecular flexibility index (Phi) is 7.64. The van der Waals surface area contributed by atoms with E-state index in [-0.39, 0.29) is 0 Å². The molecule has 6 rings (SSSR count). The van der Waals surface area contributed by atoms with Crippen LogP contribution in [0, 0.1) is 50.7 Å². The molecular formula is C36H33N7S. The lowest BCUT2D eigenvalue weighted by atomic mass is 9.97. The van der Waals surface area contributed by atoms with Crippen molar-refractivity contribution in [2.45, 2.75) is 34.6 Å². The zero-order valence-electron chi connectivity index (χ0n) is 25.4. The van der Waals surface area contributed by atoms with E-state index in [9.17, 15) is 5.26 Å². The number of imidazole rings is 2. The minimum absolute atomic E-state index is 0.612.